The van der Waals surface area contributed by atoms with Gasteiger partial charge in [-0.15, -0.1) is 11.3 Å². The number of hydrogen-bond acceptors (Lipinski definition) is 5. The molecule has 0 amide bonds. The zero-order valence-corrected chi connectivity index (χ0v) is 15.3. The van der Waals surface area contributed by atoms with Gasteiger partial charge in [0.25, 0.3) is 0 Å². The number of ketones is 1. The van der Waals surface area contributed by atoms with Crippen LogP contribution in [0.3, 0.4) is 0 Å². The molecule has 0 spiro atoms. The van der Waals surface area contributed by atoms with Gasteiger partial charge in [0.05, 0.1) is 12.7 Å². The minimum absolute atomic E-state index is 0.141. The van der Waals surface area contributed by atoms with E-state index in [1.54, 1.807) is 37.5 Å². The number of hydrogen-bond donors (Lipinski definition) is 0. The summed E-state index contributed by atoms with van der Waals surface area (Å²) in [4.78, 5) is 13.8. The lowest BCUT2D eigenvalue weighted by Gasteiger charge is -2.35. The summed E-state index contributed by atoms with van der Waals surface area (Å²) in [7, 11) is 1.59. The molecule has 0 N–H and O–H groups in total. The molecule has 1 unspecified atom stereocenters. The van der Waals surface area contributed by atoms with Gasteiger partial charge in [0.1, 0.15) is 0 Å². The van der Waals surface area contributed by atoms with Gasteiger partial charge in [0.15, 0.2) is 17.3 Å². The summed E-state index contributed by atoms with van der Waals surface area (Å²) < 4.78 is 17.3. The van der Waals surface area contributed by atoms with Crippen molar-refractivity contribution >= 4 is 29.3 Å². The summed E-state index contributed by atoms with van der Waals surface area (Å²) in [6, 6.07) is 9.49. The lowest BCUT2D eigenvalue weighted by atomic mass is 9.95. The largest absolute Gasteiger partial charge is 0.493 e. The van der Waals surface area contributed by atoms with Gasteiger partial charge in [-0.1, -0.05) is 18.2 Å². The van der Waals surface area contributed by atoms with Crippen LogP contribution in [0.2, 0.25) is 0 Å². The molecule has 0 fully saturated rings. The molecule has 3 rings (SSSR count). The van der Waals surface area contributed by atoms with Crippen LogP contribution in [0, 0.1) is 0 Å². The predicted molar refractivity (Wildman–Crippen MR) is 100.0 cm³/mol. The average molecular weight is 356 g/mol. The van der Waals surface area contributed by atoms with Crippen LogP contribution in [0.1, 0.15) is 24.3 Å². The van der Waals surface area contributed by atoms with E-state index in [-0.39, 0.29) is 5.78 Å². The topological polar surface area (TPSA) is 44.8 Å². The quantitative estimate of drug-likeness (QED) is 0.711. The van der Waals surface area contributed by atoms with E-state index in [2.05, 4.69) is 0 Å². The molecular weight excluding hydrogens is 336 g/mol. The highest BCUT2D eigenvalue weighted by molar-refractivity contribution is 7.10. The lowest BCUT2D eigenvalue weighted by molar-refractivity contribution is -0.147. The number of benzene rings is 1. The van der Waals surface area contributed by atoms with Crippen molar-refractivity contribution in [3.63, 3.8) is 0 Å². The lowest BCUT2D eigenvalue weighted by Crippen LogP contribution is -2.42. The number of fused-ring (bicyclic) bond motifs is 1. The van der Waals surface area contributed by atoms with Gasteiger partial charge in [-0.2, -0.15) is 0 Å². The third-order valence-corrected chi connectivity index (χ3v) is 4.78. The minimum atomic E-state index is -1.16. The van der Waals surface area contributed by atoms with Crippen molar-refractivity contribution < 1.29 is 19.0 Å². The maximum Gasteiger partial charge on any atom is 0.238 e. The Kier molecular flexibility index (Phi) is 5.06. The van der Waals surface area contributed by atoms with Gasteiger partial charge in [0.2, 0.25) is 5.79 Å². The van der Waals surface area contributed by atoms with Gasteiger partial charge in [-0.25, -0.2) is 0 Å². The molecule has 1 aromatic carbocycles. The fourth-order valence-corrected chi connectivity index (χ4v) is 3.38. The zero-order chi connectivity index (χ0) is 17.9. The molecule has 5 heteroatoms. The maximum absolute atomic E-state index is 12.8. The second kappa shape index (κ2) is 7.25. The van der Waals surface area contributed by atoms with Crippen molar-refractivity contribution in [3.8, 4) is 11.5 Å². The van der Waals surface area contributed by atoms with Gasteiger partial charge >= 0.3 is 0 Å². The Hall–Kier alpha value is -2.37. The molecular formula is C20H20O4S. The monoisotopic (exact) mass is 356 g/mol. The summed E-state index contributed by atoms with van der Waals surface area (Å²) in [5.74, 6) is -0.106. The molecule has 25 heavy (non-hydrogen) atoms. The summed E-state index contributed by atoms with van der Waals surface area (Å²) in [5, 5.41) is 1.97. The normalized spacial score (nSPS) is 19.2. The molecule has 2 aromatic rings. The summed E-state index contributed by atoms with van der Waals surface area (Å²) in [6.45, 7) is 4.05. The highest BCUT2D eigenvalue weighted by atomic mass is 32.1. The fourth-order valence-electron chi connectivity index (χ4n) is 2.76. The number of allylic oxidation sites excluding steroid dienone is 1. The molecule has 1 aromatic heterocycles. The second-order valence-corrected chi connectivity index (χ2v) is 6.61. The number of rotatable bonds is 6. The van der Waals surface area contributed by atoms with Crippen LogP contribution in [-0.2, 0) is 9.53 Å². The van der Waals surface area contributed by atoms with E-state index in [0.29, 0.717) is 23.7 Å². The molecule has 0 radical (unpaired) electrons. The molecule has 0 aliphatic carbocycles. The van der Waals surface area contributed by atoms with Crippen LogP contribution in [0.4, 0.5) is 0 Å². The van der Waals surface area contributed by atoms with Crippen LogP contribution in [0.5, 0.6) is 11.5 Å². The molecule has 2 heterocycles. The van der Waals surface area contributed by atoms with E-state index in [1.807, 2.05) is 48.7 Å². The first-order valence-electron chi connectivity index (χ1n) is 8.05. The van der Waals surface area contributed by atoms with E-state index in [1.165, 1.54) is 0 Å². The molecule has 1 aliphatic heterocycles. The Morgan fingerprint density at radius 1 is 1.32 bits per heavy atom. The summed E-state index contributed by atoms with van der Waals surface area (Å²) in [5.41, 5.74) is 1.26. The smallest absolute Gasteiger partial charge is 0.238 e. The standard InChI is InChI=1S/C20H20O4S/c1-4-23-20(2)16(17(21)11-10-15-8-6-12-25-15)13-14-7-5-9-18(22-3)19(14)24-20/h5-13H,4H2,1-3H3/b11-10+. The minimum Gasteiger partial charge on any atom is -0.493 e. The SMILES string of the molecule is CCOC1(C)Oc2c(cccc2OC)C=C1C(=O)/C=C/c1cccs1. The fraction of sp³-hybridized carbons (Fsp3) is 0.250. The molecule has 4 nitrogen and oxygen atoms in total. The Morgan fingerprint density at radius 3 is 2.84 bits per heavy atom. The van der Waals surface area contributed by atoms with E-state index in [0.717, 1.165) is 10.4 Å². The van der Waals surface area contributed by atoms with Gasteiger partial charge in [0, 0.05) is 24.0 Å². The van der Waals surface area contributed by atoms with Crippen molar-refractivity contribution in [3.05, 3.63) is 57.8 Å². The van der Waals surface area contributed by atoms with Crippen LogP contribution in [-0.4, -0.2) is 25.3 Å². The summed E-state index contributed by atoms with van der Waals surface area (Å²) in [6.07, 6.45) is 5.18. The van der Waals surface area contributed by atoms with Crippen molar-refractivity contribution in [2.75, 3.05) is 13.7 Å². The van der Waals surface area contributed by atoms with Crippen molar-refractivity contribution in [2.24, 2.45) is 0 Å². The van der Waals surface area contributed by atoms with Crippen LogP contribution in [0.15, 0.2) is 47.4 Å². The van der Waals surface area contributed by atoms with E-state index >= 15 is 0 Å². The third-order valence-electron chi connectivity index (χ3n) is 3.94. The Morgan fingerprint density at radius 2 is 2.16 bits per heavy atom. The first-order valence-corrected chi connectivity index (χ1v) is 8.93. The number of thiophene rings is 1. The number of methoxy groups -OCH3 is 1. The van der Waals surface area contributed by atoms with E-state index in [9.17, 15) is 4.79 Å². The van der Waals surface area contributed by atoms with Crippen LogP contribution >= 0.6 is 11.3 Å². The maximum atomic E-state index is 12.8. The van der Waals surface area contributed by atoms with Gasteiger partial charge < -0.3 is 14.2 Å². The Balaban J connectivity index is 2.01. The molecule has 0 saturated carbocycles. The van der Waals surface area contributed by atoms with Gasteiger partial charge in [-0.05, 0) is 42.7 Å². The second-order valence-electron chi connectivity index (χ2n) is 5.63. The van der Waals surface area contributed by atoms with Crippen molar-refractivity contribution in [2.45, 2.75) is 19.6 Å². The van der Waals surface area contributed by atoms with Crippen LogP contribution in [0.25, 0.3) is 12.2 Å². The van der Waals surface area contributed by atoms with Crippen LogP contribution < -0.4 is 9.47 Å². The molecule has 1 atom stereocenters. The third kappa shape index (κ3) is 3.52. The highest BCUT2D eigenvalue weighted by Gasteiger charge is 2.40. The molecule has 130 valence electrons. The van der Waals surface area contributed by atoms with E-state index < -0.39 is 5.79 Å². The van der Waals surface area contributed by atoms with Crippen molar-refractivity contribution in [1.29, 1.82) is 0 Å². The first kappa shape index (κ1) is 17.5. The highest BCUT2D eigenvalue weighted by Crippen LogP contribution is 2.42. The Labute approximate surface area is 151 Å². The first-order chi connectivity index (χ1) is 12.1. The van der Waals surface area contributed by atoms with Crippen molar-refractivity contribution in [1.82, 2.24) is 0 Å². The molecule has 0 saturated heterocycles. The number of carbonyl (C=O) groups is 1. The number of ether oxygens (including phenoxy) is 3. The Bertz CT molecular complexity index is 820. The molecule has 1 aliphatic rings. The number of carbonyl (C=O) groups excluding carboxylic acids is 1. The average Bonchev–Trinajstić information content (AvgIpc) is 3.12. The number of para-hydroxylation sites is 1. The molecule has 0 bridgehead atoms. The van der Waals surface area contributed by atoms with Gasteiger partial charge in [-0.3, -0.25) is 4.79 Å². The summed E-state index contributed by atoms with van der Waals surface area (Å²) >= 11 is 1.58. The van der Waals surface area contributed by atoms with E-state index in [4.69, 9.17) is 14.2 Å². The predicted octanol–water partition coefficient (Wildman–Crippen LogP) is 4.57. The zero-order valence-electron chi connectivity index (χ0n) is 14.4.